The number of hydrogen-bond donors (Lipinski definition) is 0. The summed E-state index contributed by atoms with van der Waals surface area (Å²) in [6.45, 7) is 0. The van der Waals surface area contributed by atoms with Crippen molar-refractivity contribution < 1.29 is 13.3 Å². The van der Waals surface area contributed by atoms with E-state index in [1.165, 1.54) is 0 Å². The normalized spacial score (nSPS) is 12.1. The average Bonchev–Trinajstić information content (AvgIpc) is 3.85. The molecule has 0 saturated heterocycles. The molecule has 11 rings (SSSR count). The highest BCUT2D eigenvalue weighted by Crippen LogP contribution is 2.40. The van der Waals surface area contributed by atoms with Gasteiger partial charge in [-0.1, -0.05) is 97.1 Å². The summed E-state index contributed by atoms with van der Waals surface area (Å²) in [6, 6.07) is 46.9. The van der Waals surface area contributed by atoms with Gasteiger partial charge in [0.2, 0.25) is 0 Å². The van der Waals surface area contributed by atoms with Crippen molar-refractivity contribution >= 4 is 76.6 Å². The van der Waals surface area contributed by atoms with Crippen LogP contribution >= 0.6 is 0 Å². The summed E-state index contributed by atoms with van der Waals surface area (Å²) in [5, 5.41) is 8.37. The van der Waals surface area contributed by atoms with Crippen LogP contribution in [0.4, 0.5) is 0 Å². The highest BCUT2D eigenvalue weighted by Gasteiger charge is 2.21. The minimum Gasteiger partial charge on any atom is -0.456 e. The predicted octanol–water partition coefficient (Wildman–Crippen LogP) is 11.7. The van der Waals surface area contributed by atoms with Gasteiger partial charge in [0.1, 0.15) is 33.5 Å². The van der Waals surface area contributed by atoms with Crippen LogP contribution in [0, 0.1) is 0 Å². The molecule has 0 saturated carbocycles. The molecule has 0 N–H and O–H groups in total. The van der Waals surface area contributed by atoms with Crippen molar-refractivity contribution in [1.82, 2.24) is 15.0 Å². The van der Waals surface area contributed by atoms with Gasteiger partial charge in [-0.05, 0) is 53.2 Å². The predicted molar refractivity (Wildman–Crippen MR) is 195 cm³/mol. The Balaban J connectivity index is 1.19. The van der Waals surface area contributed by atoms with Gasteiger partial charge in [0.05, 0.1) is 0 Å². The largest absolute Gasteiger partial charge is 0.456 e. The van der Waals surface area contributed by atoms with Gasteiger partial charge in [0.25, 0.3) is 0 Å². The third-order valence-corrected chi connectivity index (χ3v) is 9.54. The van der Waals surface area contributed by atoms with Crippen molar-refractivity contribution in [3.63, 3.8) is 0 Å². The fourth-order valence-corrected chi connectivity index (χ4v) is 7.36. The van der Waals surface area contributed by atoms with Gasteiger partial charge in [0, 0.05) is 49.0 Å². The van der Waals surface area contributed by atoms with E-state index in [4.69, 9.17) is 28.2 Å². The first-order valence-electron chi connectivity index (χ1n) is 16.2. The van der Waals surface area contributed by atoms with Crippen molar-refractivity contribution in [1.29, 1.82) is 0 Å². The van der Waals surface area contributed by atoms with E-state index >= 15 is 0 Å². The van der Waals surface area contributed by atoms with Crippen LogP contribution in [0.1, 0.15) is 0 Å². The van der Waals surface area contributed by atoms with Gasteiger partial charge in [-0.25, -0.2) is 15.0 Å². The molecule has 0 atom stereocenters. The second-order valence-electron chi connectivity index (χ2n) is 12.3. The lowest BCUT2D eigenvalue weighted by molar-refractivity contribution is 0.668. The van der Waals surface area contributed by atoms with E-state index in [9.17, 15) is 0 Å². The van der Waals surface area contributed by atoms with Crippen molar-refractivity contribution in [2.45, 2.75) is 0 Å². The van der Waals surface area contributed by atoms with E-state index in [0.717, 1.165) is 93.3 Å². The van der Waals surface area contributed by atoms with Gasteiger partial charge >= 0.3 is 0 Å². The zero-order valence-electron chi connectivity index (χ0n) is 25.8. The topological polar surface area (TPSA) is 78.1 Å². The number of furan rings is 3. The molecule has 0 radical (unpaired) electrons. The van der Waals surface area contributed by atoms with Crippen molar-refractivity contribution in [3.05, 3.63) is 140 Å². The molecule has 0 spiro atoms. The van der Waals surface area contributed by atoms with Gasteiger partial charge in [-0.15, -0.1) is 0 Å². The van der Waals surface area contributed by atoms with E-state index < -0.39 is 0 Å². The van der Waals surface area contributed by atoms with Crippen LogP contribution in [0.15, 0.2) is 153 Å². The highest BCUT2D eigenvalue weighted by atomic mass is 16.3. The summed E-state index contributed by atoms with van der Waals surface area (Å²) >= 11 is 0. The third kappa shape index (κ3) is 3.85. The Morgan fingerprint density at radius 3 is 1.37 bits per heavy atom. The summed E-state index contributed by atoms with van der Waals surface area (Å²) in [5.41, 5.74) is 7.60. The number of aromatic nitrogens is 3. The molecule has 49 heavy (non-hydrogen) atoms. The minimum atomic E-state index is 0.568. The van der Waals surface area contributed by atoms with Crippen molar-refractivity contribution in [2.75, 3.05) is 0 Å². The van der Waals surface area contributed by atoms with Gasteiger partial charge < -0.3 is 13.3 Å². The molecule has 0 bridgehead atoms. The Labute approximate surface area is 277 Å². The van der Waals surface area contributed by atoms with E-state index in [1.807, 2.05) is 84.9 Å². The minimum absolute atomic E-state index is 0.568. The number of hydrogen-bond acceptors (Lipinski definition) is 6. The van der Waals surface area contributed by atoms with Crippen molar-refractivity contribution in [3.8, 4) is 34.2 Å². The zero-order chi connectivity index (χ0) is 32.1. The second kappa shape index (κ2) is 9.86. The van der Waals surface area contributed by atoms with E-state index in [-0.39, 0.29) is 0 Å². The quantitative estimate of drug-likeness (QED) is 0.193. The van der Waals surface area contributed by atoms with Crippen LogP contribution in [0.5, 0.6) is 0 Å². The molecule has 7 aromatic carbocycles. The molecule has 0 fully saturated rings. The first-order valence-corrected chi connectivity index (χ1v) is 16.2. The molecule has 6 heteroatoms. The molecule has 0 aliphatic rings. The second-order valence-corrected chi connectivity index (χ2v) is 12.3. The molecule has 0 aliphatic carbocycles. The maximum Gasteiger partial charge on any atom is 0.164 e. The van der Waals surface area contributed by atoms with Gasteiger partial charge in [-0.2, -0.15) is 0 Å². The standard InChI is InChI=1S/C43H23N3O3/c1-4-14-32-27(9-1)38-26-21-19-25(23-24(26)20-22-37(38)49-32)41-44-42(30-12-7-17-35-39(30)28-10-2-5-15-33(28)47-35)46-43(45-41)31-13-8-18-36-40(31)29-11-3-6-16-34(29)48-36/h1-23H. The fourth-order valence-electron chi connectivity index (χ4n) is 7.36. The fraction of sp³-hybridized carbons (Fsp3) is 0. The number of rotatable bonds is 3. The highest BCUT2D eigenvalue weighted by molar-refractivity contribution is 6.19. The van der Waals surface area contributed by atoms with Crippen LogP contribution in [-0.2, 0) is 0 Å². The van der Waals surface area contributed by atoms with Gasteiger partial charge in [-0.3, -0.25) is 0 Å². The maximum absolute atomic E-state index is 6.26. The molecule has 228 valence electrons. The Morgan fingerprint density at radius 1 is 0.327 bits per heavy atom. The van der Waals surface area contributed by atoms with Crippen LogP contribution < -0.4 is 0 Å². The smallest absolute Gasteiger partial charge is 0.164 e. The van der Waals surface area contributed by atoms with E-state index in [0.29, 0.717) is 17.5 Å². The van der Waals surface area contributed by atoms with E-state index in [2.05, 4.69) is 54.6 Å². The van der Waals surface area contributed by atoms with Gasteiger partial charge in [0.15, 0.2) is 17.5 Å². The first kappa shape index (κ1) is 26.3. The average molecular weight is 630 g/mol. The summed E-state index contributed by atoms with van der Waals surface area (Å²) < 4.78 is 18.7. The monoisotopic (exact) mass is 629 g/mol. The number of para-hydroxylation sites is 3. The number of nitrogens with zero attached hydrogens (tertiary/aromatic N) is 3. The molecule has 0 aliphatic heterocycles. The van der Waals surface area contributed by atoms with Crippen LogP contribution in [0.2, 0.25) is 0 Å². The number of benzene rings is 7. The Morgan fingerprint density at radius 2 is 0.796 bits per heavy atom. The summed E-state index contributed by atoms with van der Waals surface area (Å²) in [7, 11) is 0. The molecule has 0 amide bonds. The Kier molecular flexibility index (Phi) is 5.29. The Hall–Kier alpha value is -6.79. The lowest BCUT2D eigenvalue weighted by atomic mass is 10.0. The summed E-state index contributed by atoms with van der Waals surface area (Å²) in [4.78, 5) is 15.5. The van der Waals surface area contributed by atoms with Crippen molar-refractivity contribution in [2.24, 2.45) is 0 Å². The zero-order valence-corrected chi connectivity index (χ0v) is 25.8. The lowest BCUT2D eigenvalue weighted by Gasteiger charge is -2.11. The maximum atomic E-state index is 6.26. The molecule has 0 unspecified atom stereocenters. The lowest BCUT2D eigenvalue weighted by Crippen LogP contribution is -2.00. The molecular formula is C43H23N3O3. The SMILES string of the molecule is c1ccc2c(c1)oc1cccc(-c3nc(-c4ccc5c(ccc6oc7ccccc7c65)c4)nc(-c4cccc5oc6ccccc6c45)n3)c12. The summed E-state index contributed by atoms with van der Waals surface area (Å²) in [6.07, 6.45) is 0. The molecule has 11 aromatic rings. The van der Waals surface area contributed by atoms with Crippen LogP contribution in [0.25, 0.3) is 111 Å². The van der Waals surface area contributed by atoms with Crippen LogP contribution in [0.3, 0.4) is 0 Å². The molecule has 4 heterocycles. The number of fused-ring (bicyclic) bond motifs is 11. The van der Waals surface area contributed by atoms with E-state index in [1.54, 1.807) is 0 Å². The summed E-state index contributed by atoms with van der Waals surface area (Å²) in [5.74, 6) is 1.71. The molecule has 4 aromatic heterocycles. The molecule has 6 nitrogen and oxygen atoms in total. The third-order valence-electron chi connectivity index (χ3n) is 9.54. The molecular weight excluding hydrogens is 606 g/mol. The first-order chi connectivity index (χ1) is 24.3. The van der Waals surface area contributed by atoms with Crippen LogP contribution in [-0.4, -0.2) is 15.0 Å². The Bertz CT molecular complexity index is 3000.